The van der Waals surface area contributed by atoms with Crippen molar-refractivity contribution in [2.45, 2.75) is 33.4 Å². The Bertz CT molecular complexity index is 1410. The third kappa shape index (κ3) is 4.15. The number of fused-ring (bicyclic) bond motifs is 1. The Kier molecular flexibility index (Phi) is 6.10. The third-order valence-corrected chi connectivity index (χ3v) is 6.60. The number of aromatic amines is 1. The van der Waals surface area contributed by atoms with Crippen LogP contribution in [-0.2, 0) is 6.54 Å². The van der Waals surface area contributed by atoms with Crippen molar-refractivity contribution in [1.82, 2.24) is 15.1 Å². The van der Waals surface area contributed by atoms with Gasteiger partial charge in [-0.2, -0.15) is 5.10 Å². The number of hydrogen-bond acceptors (Lipinski definition) is 4. The van der Waals surface area contributed by atoms with Gasteiger partial charge >= 0.3 is 0 Å². The number of carbonyl (C=O) groups excluding carboxylic acids is 1. The molecular weight excluding hydrogens is 450 g/mol. The van der Waals surface area contributed by atoms with Crippen LogP contribution in [0, 0.1) is 20.8 Å². The van der Waals surface area contributed by atoms with Crippen molar-refractivity contribution in [2.24, 2.45) is 0 Å². The second-order valence-corrected chi connectivity index (χ2v) is 9.33. The molecule has 182 valence electrons. The molecule has 1 aliphatic rings. The molecule has 0 bridgehead atoms. The van der Waals surface area contributed by atoms with Gasteiger partial charge in [-0.3, -0.25) is 9.89 Å². The molecule has 1 aliphatic heterocycles. The summed E-state index contributed by atoms with van der Waals surface area (Å²) >= 11 is 0. The Balaban J connectivity index is 1.63. The van der Waals surface area contributed by atoms with Crippen molar-refractivity contribution in [3.8, 4) is 22.8 Å². The summed E-state index contributed by atoms with van der Waals surface area (Å²) in [5, 5.41) is 18.4. The molecule has 0 radical (unpaired) electrons. The predicted molar refractivity (Wildman–Crippen MR) is 140 cm³/mol. The van der Waals surface area contributed by atoms with Gasteiger partial charge in [-0.15, -0.1) is 0 Å². The summed E-state index contributed by atoms with van der Waals surface area (Å²) in [5.74, 6) is 0.761. The van der Waals surface area contributed by atoms with E-state index in [4.69, 9.17) is 4.74 Å². The summed E-state index contributed by atoms with van der Waals surface area (Å²) < 4.78 is 5.67. The standard InChI is InChI=1S/C30H29N3O3/c1-5-14-36-23-12-10-22(11-13-23)29-26-27(25-20(4)15-19(3)16-24(25)34)31-32-28(26)30(35)33(29)17-21-8-6-18(2)7-9-21/h5-13,15-16,29,34H,1,14,17H2,2-4H3,(H,31,32). The topological polar surface area (TPSA) is 78.5 Å². The van der Waals surface area contributed by atoms with Crippen molar-refractivity contribution >= 4 is 5.91 Å². The Hall–Kier alpha value is -4.32. The first-order valence-corrected chi connectivity index (χ1v) is 12.0. The molecule has 4 aromatic rings. The second-order valence-electron chi connectivity index (χ2n) is 9.33. The first-order chi connectivity index (χ1) is 17.4. The van der Waals surface area contributed by atoms with Gasteiger partial charge in [0.15, 0.2) is 0 Å². The number of aryl methyl sites for hydroxylation is 3. The molecule has 0 aliphatic carbocycles. The zero-order valence-corrected chi connectivity index (χ0v) is 20.7. The van der Waals surface area contributed by atoms with E-state index in [2.05, 4.69) is 28.9 Å². The van der Waals surface area contributed by atoms with Crippen LogP contribution in [0.3, 0.4) is 0 Å². The Morgan fingerprint density at radius 1 is 1.06 bits per heavy atom. The summed E-state index contributed by atoms with van der Waals surface area (Å²) in [4.78, 5) is 15.5. The largest absolute Gasteiger partial charge is 0.507 e. The van der Waals surface area contributed by atoms with E-state index in [9.17, 15) is 9.90 Å². The lowest BCUT2D eigenvalue weighted by Crippen LogP contribution is -2.29. The van der Waals surface area contributed by atoms with Gasteiger partial charge in [-0.05, 0) is 61.2 Å². The summed E-state index contributed by atoms with van der Waals surface area (Å²) in [6.45, 7) is 10.5. The Morgan fingerprint density at radius 2 is 1.78 bits per heavy atom. The normalized spacial score (nSPS) is 14.7. The maximum absolute atomic E-state index is 13.7. The molecule has 0 saturated heterocycles. The predicted octanol–water partition coefficient (Wildman–Crippen LogP) is 6.02. The monoisotopic (exact) mass is 479 g/mol. The molecular formula is C30H29N3O3. The molecule has 1 amide bonds. The molecule has 3 aromatic carbocycles. The van der Waals surface area contributed by atoms with Crippen LogP contribution in [0.1, 0.15) is 49.9 Å². The number of carbonyl (C=O) groups is 1. The lowest BCUT2D eigenvalue weighted by molar-refractivity contribution is 0.0730. The number of nitrogens with one attached hydrogen (secondary N) is 1. The number of H-pyrrole nitrogens is 1. The van der Waals surface area contributed by atoms with Crippen LogP contribution in [0.2, 0.25) is 0 Å². The van der Waals surface area contributed by atoms with Crippen molar-refractivity contribution < 1.29 is 14.6 Å². The summed E-state index contributed by atoms with van der Waals surface area (Å²) in [5.41, 5.74) is 7.47. The molecule has 2 N–H and O–H groups in total. The molecule has 1 aromatic heterocycles. The number of aromatic nitrogens is 2. The first-order valence-electron chi connectivity index (χ1n) is 12.0. The maximum Gasteiger partial charge on any atom is 0.273 e. The minimum Gasteiger partial charge on any atom is -0.507 e. The van der Waals surface area contributed by atoms with E-state index < -0.39 is 0 Å². The van der Waals surface area contributed by atoms with Crippen LogP contribution < -0.4 is 4.74 Å². The van der Waals surface area contributed by atoms with Gasteiger partial charge in [0.25, 0.3) is 5.91 Å². The number of rotatable bonds is 7. The van der Waals surface area contributed by atoms with Gasteiger partial charge < -0.3 is 14.7 Å². The minimum atomic E-state index is -0.379. The highest BCUT2D eigenvalue weighted by atomic mass is 16.5. The van der Waals surface area contributed by atoms with E-state index in [1.165, 1.54) is 5.56 Å². The Morgan fingerprint density at radius 3 is 2.44 bits per heavy atom. The zero-order valence-electron chi connectivity index (χ0n) is 20.7. The van der Waals surface area contributed by atoms with Gasteiger partial charge in [-0.1, -0.05) is 60.7 Å². The number of phenolic OH excluding ortho intramolecular Hbond substituents is 1. The molecule has 1 atom stereocenters. The fraction of sp³-hybridized carbons (Fsp3) is 0.200. The summed E-state index contributed by atoms with van der Waals surface area (Å²) in [6.07, 6.45) is 1.70. The highest BCUT2D eigenvalue weighted by Gasteiger charge is 2.42. The number of phenols is 1. The number of nitrogens with zero attached hydrogens (tertiary/aromatic N) is 2. The minimum absolute atomic E-state index is 0.120. The first kappa shape index (κ1) is 23.4. The SMILES string of the molecule is C=CCOc1ccc(C2c3c(-c4c(C)cc(C)cc4O)n[nH]c3C(=O)N2Cc2ccc(C)cc2)cc1. The van der Waals surface area contributed by atoms with E-state index in [0.29, 0.717) is 30.1 Å². The maximum atomic E-state index is 13.7. The van der Waals surface area contributed by atoms with Crippen molar-refractivity contribution in [3.05, 3.63) is 112 Å². The average Bonchev–Trinajstić information content (AvgIpc) is 3.38. The van der Waals surface area contributed by atoms with Crippen LogP contribution in [0.4, 0.5) is 0 Å². The lowest BCUT2D eigenvalue weighted by atomic mass is 9.93. The molecule has 6 nitrogen and oxygen atoms in total. The molecule has 0 saturated carbocycles. The van der Waals surface area contributed by atoms with Gasteiger partial charge in [-0.25, -0.2) is 0 Å². The van der Waals surface area contributed by atoms with E-state index in [1.54, 1.807) is 12.1 Å². The van der Waals surface area contributed by atoms with Gasteiger partial charge in [0.05, 0.1) is 6.04 Å². The highest BCUT2D eigenvalue weighted by Crippen LogP contribution is 2.46. The van der Waals surface area contributed by atoms with Gasteiger partial charge in [0.1, 0.15) is 29.5 Å². The smallest absolute Gasteiger partial charge is 0.273 e. The molecule has 36 heavy (non-hydrogen) atoms. The van der Waals surface area contributed by atoms with Crippen molar-refractivity contribution in [1.29, 1.82) is 0 Å². The summed E-state index contributed by atoms with van der Waals surface area (Å²) in [7, 11) is 0. The van der Waals surface area contributed by atoms with Gasteiger partial charge in [0.2, 0.25) is 0 Å². The Labute approximate surface area is 210 Å². The van der Waals surface area contributed by atoms with E-state index >= 15 is 0 Å². The third-order valence-electron chi connectivity index (χ3n) is 6.60. The number of aromatic hydroxyl groups is 1. The molecule has 0 fully saturated rings. The van der Waals surface area contributed by atoms with Crippen LogP contribution >= 0.6 is 0 Å². The van der Waals surface area contributed by atoms with Gasteiger partial charge in [0, 0.05) is 17.7 Å². The van der Waals surface area contributed by atoms with E-state index in [-0.39, 0.29) is 17.7 Å². The van der Waals surface area contributed by atoms with Crippen molar-refractivity contribution in [3.63, 3.8) is 0 Å². The van der Waals surface area contributed by atoms with Crippen LogP contribution in [0.15, 0.2) is 73.3 Å². The molecule has 6 heteroatoms. The van der Waals surface area contributed by atoms with Crippen LogP contribution in [0.25, 0.3) is 11.3 Å². The number of amides is 1. The quantitative estimate of drug-likeness (QED) is 0.318. The van der Waals surface area contributed by atoms with E-state index in [1.807, 2.05) is 68.1 Å². The van der Waals surface area contributed by atoms with Crippen molar-refractivity contribution in [2.75, 3.05) is 6.61 Å². The zero-order chi connectivity index (χ0) is 25.4. The van der Waals surface area contributed by atoms with Crippen LogP contribution in [0.5, 0.6) is 11.5 Å². The molecule has 0 spiro atoms. The fourth-order valence-corrected chi connectivity index (χ4v) is 4.94. The number of hydrogen-bond donors (Lipinski definition) is 2. The highest BCUT2D eigenvalue weighted by molar-refractivity contribution is 6.00. The fourth-order valence-electron chi connectivity index (χ4n) is 4.94. The lowest BCUT2D eigenvalue weighted by Gasteiger charge is -2.27. The van der Waals surface area contributed by atoms with Crippen LogP contribution in [-0.4, -0.2) is 32.7 Å². The molecule has 5 rings (SSSR count). The molecule has 1 unspecified atom stereocenters. The summed E-state index contributed by atoms with van der Waals surface area (Å²) in [6, 6.07) is 19.3. The average molecular weight is 480 g/mol. The molecule has 2 heterocycles. The second kappa shape index (κ2) is 9.38. The number of ether oxygens (including phenoxy) is 1. The number of benzene rings is 3. The van der Waals surface area contributed by atoms with E-state index in [0.717, 1.165) is 33.6 Å².